The number of benzene rings is 1. The summed E-state index contributed by atoms with van der Waals surface area (Å²) in [6, 6.07) is 4.65. The number of esters is 1. The first-order valence-corrected chi connectivity index (χ1v) is 8.26. The summed E-state index contributed by atoms with van der Waals surface area (Å²) in [5, 5.41) is 0. The van der Waals surface area contributed by atoms with E-state index in [9.17, 15) is 13.2 Å². The van der Waals surface area contributed by atoms with E-state index in [1.54, 1.807) is 33.8 Å². The van der Waals surface area contributed by atoms with Crippen LogP contribution in [-0.4, -0.2) is 26.5 Å². The molecule has 0 aliphatic carbocycles. The predicted octanol–water partition coefficient (Wildman–Crippen LogP) is 2.38. The van der Waals surface area contributed by atoms with Gasteiger partial charge in [0.05, 0.1) is 4.90 Å². The van der Waals surface area contributed by atoms with Crippen molar-refractivity contribution >= 4 is 31.9 Å². The Hall–Kier alpha value is -0.920. The maximum Gasteiger partial charge on any atom is 0.321 e. The lowest BCUT2D eigenvalue weighted by Crippen LogP contribution is -2.34. The molecule has 0 spiro atoms. The van der Waals surface area contributed by atoms with Gasteiger partial charge in [-0.25, -0.2) is 8.42 Å². The molecule has 0 amide bonds. The van der Waals surface area contributed by atoms with Crippen molar-refractivity contribution in [3.63, 3.8) is 0 Å². The van der Waals surface area contributed by atoms with Crippen molar-refractivity contribution < 1.29 is 17.9 Å². The molecule has 0 unspecified atom stereocenters. The van der Waals surface area contributed by atoms with Crippen LogP contribution in [0, 0.1) is 6.92 Å². The zero-order valence-corrected chi connectivity index (χ0v) is 14.3. The Morgan fingerprint density at radius 3 is 2.45 bits per heavy atom. The Kier molecular flexibility index (Phi) is 5.34. The number of hydrogen-bond donors (Lipinski definition) is 1. The molecule has 5 nitrogen and oxygen atoms in total. The minimum absolute atomic E-state index is 0.113. The van der Waals surface area contributed by atoms with Crippen molar-refractivity contribution in [3.05, 3.63) is 28.2 Å². The van der Waals surface area contributed by atoms with Gasteiger partial charge in [0, 0.05) is 4.47 Å². The van der Waals surface area contributed by atoms with E-state index in [1.165, 1.54) is 12.1 Å². The van der Waals surface area contributed by atoms with Crippen molar-refractivity contribution in [1.82, 2.24) is 4.72 Å². The van der Waals surface area contributed by atoms with Crippen LogP contribution in [0.15, 0.2) is 27.6 Å². The van der Waals surface area contributed by atoms with E-state index in [0.717, 1.165) is 10.0 Å². The SMILES string of the molecule is Cc1cc(S(=O)(=O)NCC(=O)OC(C)(C)C)ccc1Br. The third kappa shape index (κ3) is 5.22. The summed E-state index contributed by atoms with van der Waals surface area (Å²) in [6.45, 7) is 6.55. The summed E-state index contributed by atoms with van der Waals surface area (Å²) < 4.78 is 32.2. The molecule has 20 heavy (non-hydrogen) atoms. The van der Waals surface area contributed by atoms with Crippen LogP contribution < -0.4 is 4.72 Å². The number of sulfonamides is 1. The molecule has 0 aliphatic rings. The lowest BCUT2D eigenvalue weighted by molar-refractivity contribution is -0.153. The van der Waals surface area contributed by atoms with Crippen LogP contribution in [0.4, 0.5) is 0 Å². The first-order valence-electron chi connectivity index (χ1n) is 5.99. The van der Waals surface area contributed by atoms with Gasteiger partial charge in [0.2, 0.25) is 10.0 Å². The van der Waals surface area contributed by atoms with Crippen molar-refractivity contribution in [2.24, 2.45) is 0 Å². The van der Waals surface area contributed by atoms with E-state index in [2.05, 4.69) is 20.7 Å². The number of hydrogen-bond acceptors (Lipinski definition) is 4. The molecule has 0 atom stereocenters. The van der Waals surface area contributed by atoms with Crippen LogP contribution in [0.1, 0.15) is 26.3 Å². The van der Waals surface area contributed by atoms with Gasteiger partial charge in [-0.15, -0.1) is 0 Å². The highest BCUT2D eigenvalue weighted by atomic mass is 79.9. The Balaban J connectivity index is 2.76. The highest BCUT2D eigenvalue weighted by Gasteiger charge is 2.20. The van der Waals surface area contributed by atoms with Gasteiger partial charge in [0.15, 0.2) is 0 Å². The number of nitrogens with one attached hydrogen (secondary N) is 1. The zero-order chi connectivity index (χ0) is 15.6. The second-order valence-corrected chi connectivity index (χ2v) is 7.94. The number of halogens is 1. The average Bonchev–Trinajstić information content (AvgIpc) is 2.28. The maximum absolute atomic E-state index is 12.0. The largest absolute Gasteiger partial charge is 0.459 e. The van der Waals surface area contributed by atoms with Crippen molar-refractivity contribution in [2.45, 2.75) is 38.2 Å². The van der Waals surface area contributed by atoms with Gasteiger partial charge < -0.3 is 4.74 Å². The van der Waals surface area contributed by atoms with E-state index in [4.69, 9.17) is 4.74 Å². The first kappa shape index (κ1) is 17.1. The third-order valence-electron chi connectivity index (χ3n) is 2.27. The average molecular weight is 364 g/mol. The van der Waals surface area contributed by atoms with Crippen LogP contribution in [0.5, 0.6) is 0 Å². The van der Waals surface area contributed by atoms with Crippen LogP contribution in [0.3, 0.4) is 0 Å². The molecular weight excluding hydrogens is 346 g/mol. The standard InChI is InChI=1S/C13H18BrNO4S/c1-9-7-10(5-6-11(9)14)20(17,18)15-8-12(16)19-13(2,3)4/h5-7,15H,8H2,1-4H3. The monoisotopic (exact) mass is 363 g/mol. The minimum Gasteiger partial charge on any atom is -0.459 e. The molecular formula is C13H18BrNO4S. The van der Waals surface area contributed by atoms with Crippen molar-refractivity contribution in [1.29, 1.82) is 0 Å². The quantitative estimate of drug-likeness (QED) is 0.833. The van der Waals surface area contributed by atoms with Gasteiger partial charge in [0.25, 0.3) is 0 Å². The fourth-order valence-electron chi connectivity index (χ4n) is 1.40. The van der Waals surface area contributed by atoms with E-state index < -0.39 is 28.1 Å². The number of carbonyl (C=O) groups is 1. The van der Waals surface area contributed by atoms with Crippen molar-refractivity contribution in [3.8, 4) is 0 Å². The molecule has 0 aliphatic heterocycles. The maximum atomic E-state index is 12.0. The fourth-order valence-corrected chi connectivity index (χ4v) is 2.70. The van der Waals surface area contributed by atoms with Crippen LogP contribution in [0.2, 0.25) is 0 Å². The van der Waals surface area contributed by atoms with Gasteiger partial charge in [-0.05, 0) is 51.5 Å². The van der Waals surface area contributed by atoms with E-state index in [-0.39, 0.29) is 4.90 Å². The second kappa shape index (κ2) is 6.24. The predicted molar refractivity (Wildman–Crippen MR) is 79.9 cm³/mol. The lowest BCUT2D eigenvalue weighted by Gasteiger charge is -2.19. The summed E-state index contributed by atoms with van der Waals surface area (Å²) >= 11 is 3.30. The molecule has 0 saturated heterocycles. The summed E-state index contributed by atoms with van der Waals surface area (Å²) in [5.74, 6) is -0.616. The molecule has 0 aromatic heterocycles. The number of rotatable bonds is 4. The topological polar surface area (TPSA) is 72.5 Å². The highest BCUT2D eigenvalue weighted by molar-refractivity contribution is 9.10. The van der Waals surface area contributed by atoms with E-state index >= 15 is 0 Å². The van der Waals surface area contributed by atoms with Gasteiger partial charge in [-0.2, -0.15) is 4.72 Å². The zero-order valence-electron chi connectivity index (χ0n) is 11.9. The van der Waals surface area contributed by atoms with Gasteiger partial charge in [-0.1, -0.05) is 15.9 Å². The van der Waals surface area contributed by atoms with E-state index in [1.807, 2.05) is 0 Å². The van der Waals surface area contributed by atoms with Crippen LogP contribution in [-0.2, 0) is 19.6 Å². The fraction of sp³-hybridized carbons (Fsp3) is 0.462. The second-order valence-electron chi connectivity index (χ2n) is 5.32. The van der Waals surface area contributed by atoms with Crippen LogP contribution >= 0.6 is 15.9 Å². The molecule has 0 saturated carbocycles. The number of ether oxygens (including phenoxy) is 1. The molecule has 112 valence electrons. The smallest absolute Gasteiger partial charge is 0.321 e. The number of carbonyl (C=O) groups excluding carboxylic acids is 1. The van der Waals surface area contributed by atoms with Crippen molar-refractivity contribution in [2.75, 3.05) is 6.54 Å². The Morgan fingerprint density at radius 1 is 1.35 bits per heavy atom. The molecule has 0 heterocycles. The Labute approximate surface area is 127 Å². The van der Waals surface area contributed by atoms with E-state index in [0.29, 0.717) is 0 Å². The Bertz CT molecular complexity index is 605. The summed E-state index contributed by atoms with van der Waals surface area (Å²) in [6.07, 6.45) is 0. The Morgan fingerprint density at radius 2 is 1.95 bits per heavy atom. The van der Waals surface area contributed by atoms with Gasteiger partial charge in [0.1, 0.15) is 12.1 Å². The lowest BCUT2D eigenvalue weighted by atomic mass is 10.2. The molecule has 1 aromatic carbocycles. The summed E-state index contributed by atoms with van der Waals surface area (Å²) in [5.41, 5.74) is 0.154. The molecule has 1 rings (SSSR count). The minimum atomic E-state index is -3.72. The molecule has 7 heteroatoms. The highest BCUT2D eigenvalue weighted by Crippen LogP contribution is 2.19. The molecule has 1 aromatic rings. The molecule has 0 radical (unpaired) electrons. The first-order chi connectivity index (χ1) is 9.01. The van der Waals surface area contributed by atoms with Gasteiger partial charge in [-0.3, -0.25) is 4.79 Å². The third-order valence-corrected chi connectivity index (χ3v) is 4.55. The van der Waals surface area contributed by atoms with Gasteiger partial charge >= 0.3 is 5.97 Å². The summed E-state index contributed by atoms with van der Waals surface area (Å²) in [7, 11) is -3.72. The number of aryl methyl sites for hydroxylation is 1. The summed E-state index contributed by atoms with van der Waals surface area (Å²) in [4.78, 5) is 11.6. The molecule has 0 bridgehead atoms. The molecule has 0 fully saturated rings. The molecule has 1 N–H and O–H groups in total. The normalized spacial score (nSPS) is 12.2. The van der Waals surface area contributed by atoms with Crippen LogP contribution in [0.25, 0.3) is 0 Å².